The van der Waals surface area contributed by atoms with Crippen molar-refractivity contribution < 1.29 is 0 Å². The summed E-state index contributed by atoms with van der Waals surface area (Å²) < 4.78 is 0. The highest BCUT2D eigenvalue weighted by Crippen LogP contribution is 2.47. The Hall–Kier alpha value is -9.04. The van der Waals surface area contributed by atoms with Crippen molar-refractivity contribution in [3.8, 4) is 55.6 Å². The summed E-state index contributed by atoms with van der Waals surface area (Å²) >= 11 is 0. The molecule has 0 heterocycles. The molecule has 0 amide bonds. The largest absolute Gasteiger partial charge is 0.310 e. The van der Waals surface area contributed by atoms with Crippen LogP contribution >= 0.6 is 0 Å². The maximum atomic E-state index is 2.45. The topological polar surface area (TPSA) is 3.24 Å². The summed E-state index contributed by atoms with van der Waals surface area (Å²) in [4.78, 5) is 2.45. The van der Waals surface area contributed by atoms with Crippen LogP contribution in [0.1, 0.15) is 0 Å². The maximum Gasteiger partial charge on any atom is 0.0468 e. The number of hydrogen-bond donors (Lipinski definition) is 0. The third-order valence-electron chi connectivity index (χ3n) is 14.0. The van der Waals surface area contributed by atoms with Gasteiger partial charge < -0.3 is 4.90 Å². The lowest BCUT2D eigenvalue weighted by molar-refractivity contribution is 1.28. The Morgan fingerprint density at radius 2 is 0.667 bits per heavy atom. The van der Waals surface area contributed by atoms with Crippen LogP contribution in [0.2, 0.25) is 0 Å². The first-order chi connectivity index (χ1) is 34.2. The zero-order valence-electron chi connectivity index (χ0n) is 37.9. The molecule has 0 aliphatic carbocycles. The minimum Gasteiger partial charge on any atom is -0.310 e. The number of nitrogens with zero attached hydrogens (tertiary/aromatic N) is 1. The third kappa shape index (κ3) is 7.20. The maximum absolute atomic E-state index is 2.45. The van der Waals surface area contributed by atoms with E-state index in [2.05, 4.69) is 278 Å². The van der Waals surface area contributed by atoms with Crippen molar-refractivity contribution in [2.75, 3.05) is 4.90 Å². The predicted octanol–water partition coefficient (Wildman–Crippen LogP) is 19.3. The van der Waals surface area contributed by atoms with Gasteiger partial charge in [-0.25, -0.2) is 0 Å². The molecular formula is C68H45N. The standard InChI is InChI=1S/C68H45N/c1-2-17-47(18-3-1)61-40-38-55(44-66(61)53-33-32-46-16-4-5-21-51(46)42-53)69(54-36-34-50(35-37-54)58-30-14-23-48-19-6-9-25-57(48)58)56-39-41-65(68(45-56)63-31-15-24-49-20-7-10-26-59(49)63)67-43-52-22-8-11-27-60(52)62-28-12-13-29-64(62)67/h1-45H. The summed E-state index contributed by atoms with van der Waals surface area (Å²) in [6.45, 7) is 0. The van der Waals surface area contributed by atoms with E-state index in [1.54, 1.807) is 0 Å². The van der Waals surface area contributed by atoms with Crippen LogP contribution in [0.15, 0.2) is 273 Å². The van der Waals surface area contributed by atoms with Crippen LogP contribution in [0, 0.1) is 0 Å². The van der Waals surface area contributed by atoms with Gasteiger partial charge in [-0.2, -0.15) is 0 Å². The molecule has 0 saturated carbocycles. The summed E-state index contributed by atoms with van der Waals surface area (Å²) in [7, 11) is 0. The lowest BCUT2D eigenvalue weighted by atomic mass is 9.87. The number of fused-ring (bicyclic) bond motifs is 6. The van der Waals surface area contributed by atoms with Crippen LogP contribution in [-0.4, -0.2) is 0 Å². The van der Waals surface area contributed by atoms with E-state index in [1.165, 1.54) is 109 Å². The van der Waals surface area contributed by atoms with Crippen LogP contribution in [0.3, 0.4) is 0 Å². The average molecular weight is 876 g/mol. The Morgan fingerprint density at radius 1 is 0.174 bits per heavy atom. The highest BCUT2D eigenvalue weighted by Gasteiger charge is 2.21. The monoisotopic (exact) mass is 875 g/mol. The molecule has 322 valence electrons. The molecule has 0 N–H and O–H groups in total. The fraction of sp³-hybridized carbons (Fsp3) is 0. The number of anilines is 3. The highest BCUT2D eigenvalue weighted by molar-refractivity contribution is 6.16. The van der Waals surface area contributed by atoms with E-state index in [-0.39, 0.29) is 0 Å². The van der Waals surface area contributed by atoms with E-state index in [4.69, 9.17) is 0 Å². The van der Waals surface area contributed by atoms with E-state index in [0.29, 0.717) is 0 Å². The van der Waals surface area contributed by atoms with Gasteiger partial charge in [-0.05, 0) is 158 Å². The molecule has 0 aliphatic heterocycles. The number of benzene rings is 13. The van der Waals surface area contributed by atoms with Gasteiger partial charge in [0.25, 0.3) is 0 Å². The molecule has 13 rings (SSSR count). The van der Waals surface area contributed by atoms with Crippen LogP contribution in [-0.2, 0) is 0 Å². The smallest absolute Gasteiger partial charge is 0.0468 e. The van der Waals surface area contributed by atoms with E-state index in [9.17, 15) is 0 Å². The highest BCUT2D eigenvalue weighted by atomic mass is 15.1. The molecule has 1 heteroatoms. The average Bonchev–Trinajstić information content (AvgIpc) is 3.43. The van der Waals surface area contributed by atoms with Gasteiger partial charge in [-0.1, -0.05) is 224 Å². The normalized spacial score (nSPS) is 11.5. The van der Waals surface area contributed by atoms with Crippen LogP contribution in [0.4, 0.5) is 17.1 Å². The summed E-state index contributed by atoms with van der Waals surface area (Å²) in [5, 5.41) is 12.4. The van der Waals surface area contributed by atoms with E-state index in [1.807, 2.05) is 0 Å². The zero-order chi connectivity index (χ0) is 45.7. The lowest BCUT2D eigenvalue weighted by Gasteiger charge is -2.28. The molecule has 0 fully saturated rings. The molecule has 69 heavy (non-hydrogen) atoms. The Balaban J connectivity index is 1.07. The zero-order valence-corrected chi connectivity index (χ0v) is 37.9. The van der Waals surface area contributed by atoms with Crippen molar-refractivity contribution in [1.82, 2.24) is 0 Å². The second-order valence-electron chi connectivity index (χ2n) is 18.0. The Bertz CT molecular complexity index is 4060. The molecule has 13 aromatic rings. The van der Waals surface area contributed by atoms with Gasteiger partial charge in [0.05, 0.1) is 0 Å². The molecule has 0 aromatic heterocycles. The lowest BCUT2D eigenvalue weighted by Crippen LogP contribution is -2.11. The second-order valence-corrected chi connectivity index (χ2v) is 18.0. The van der Waals surface area contributed by atoms with Crippen molar-refractivity contribution in [2.45, 2.75) is 0 Å². The van der Waals surface area contributed by atoms with E-state index >= 15 is 0 Å². The minimum atomic E-state index is 1.07. The molecule has 0 radical (unpaired) electrons. The SMILES string of the molecule is c1ccc(-c2ccc(N(c3ccc(-c4cccc5ccccc45)cc3)c3ccc(-c4cc5ccccc5c5ccccc45)c(-c4cccc5ccccc45)c3)cc2-c2ccc3ccccc3c2)cc1. The van der Waals surface area contributed by atoms with Crippen molar-refractivity contribution in [3.05, 3.63) is 273 Å². The predicted molar refractivity (Wildman–Crippen MR) is 296 cm³/mol. The van der Waals surface area contributed by atoms with Crippen LogP contribution in [0.5, 0.6) is 0 Å². The van der Waals surface area contributed by atoms with Crippen molar-refractivity contribution >= 4 is 70.9 Å². The molecule has 0 atom stereocenters. The Labute approximate surface area is 402 Å². The quantitative estimate of drug-likeness (QED) is 0.138. The van der Waals surface area contributed by atoms with Gasteiger partial charge in [0.15, 0.2) is 0 Å². The molecule has 1 nitrogen and oxygen atoms in total. The number of rotatable bonds is 8. The molecule has 0 bridgehead atoms. The Morgan fingerprint density at radius 3 is 1.39 bits per heavy atom. The van der Waals surface area contributed by atoms with Crippen molar-refractivity contribution in [1.29, 1.82) is 0 Å². The summed E-state index contributed by atoms with van der Waals surface area (Å²) in [5.74, 6) is 0. The molecule has 13 aromatic carbocycles. The number of hydrogen-bond acceptors (Lipinski definition) is 1. The molecule has 0 saturated heterocycles. The first-order valence-electron chi connectivity index (χ1n) is 23.8. The van der Waals surface area contributed by atoms with Gasteiger partial charge in [-0.3, -0.25) is 0 Å². The summed E-state index contributed by atoms with van der Waals surface area (Å²) in [6, 6.07) is 100. The van der Waals surface area contributed by atoms with Crippen molar-refractivity contribution in [2.24, 2.45) is 0 Å². The summed E-state index contributed by atoms with van der Waals surface area (Å²) in [5.41, 5.74) is 15.1. The van der Waals surface area contributed by atoms with Gasteiger partial charge in [0.1, 0.15) is 0 Å². The Kier molecular flexibility index (Phi) is 9.91. The third-order valence-corrected chi connectivity index (χ3v) is 14.0. The molecule has 0 spiro atoms. The second kappa shape index (κ2) is 17.0. The van der Waals surface area contributed by atoms with Gasteiger partial charge >= 0.3 is 0 Å². The van der Waals surface area contributed by atoms with Crippen molar-refractivity contribution in [3.63, 3.8) is 0 Å². The van der Waals surface area contributed by atoms with Crippen LogP contribution in [0.25, 0.3) is 109 Å². The minimum absolute atomic E-state index is 1.07. The van der Waals surface area contributed by atoms with Crippen LogP contribution < -0.4 is 4.90 Å². The van der Waals surface area contributed by atoms with E-state index in [0.717, 1.165) is 17.1 Å². The molecular weight excluding hydrogens is 831 g/mol. The molecule has 0 unspecified atom stereocenters. The fourth-order valence-corrected chi connectivity index (χ4v) is 10.7. The first-order valence-corrected chi connectivity index (χ1v) is 23.8. The van der Waals surface area contributed by atoms with Gasteiger partial charge in [0.2, 0.25) is 0 Å². The summed E-state index contributed by atoms with van der Waals surface area (Å²) in [6.07, 6.45) is 0. The fourth-order valence-electron chi connectivity index (χ4n) is 10.7. The molecule has 0 aliphatic rings. The van der Waals surface area contributed by atoms with E-state index < -0.39 is 0 Å². The first kappa shape index (κ1) is 40.3. The van der Waals surface area contributed by atoms with Gasteiger partial charge in [0, 0.05) is 17.1 Å². The van der Waals surface area contributed by atoms with Gasteiger partial charge in [-0.15, -0.1) is 0 Å².